The third-order valence-corrected chi connectivity index (χ3v) is 5.95. The number of ether oxygens (including phenoxy) is 1. The van der Waals surface area contributed by atoms with Gasteiger partial charge < -0.3 is 9.22 Å². The second-order valence-corrected chi connectivity index (χ2v) is 7.49. The van der Waals surface area contributed by atoms with E-state index in [-0.39, 0.29) is 0 Å². The van der Waals surface area contributed by atoms with Crippen molar-refractivity contribution in [1.82, 2.24) is 0 Å². The third kappa shape index (κ3) is 2.89. The molecule has 2 heterocycles. The number of hydrogen-bond donors (Lipinski definition) is 0. The lowest BCUT2D eigenvalue weighted by Crippen LogP contribution is -2.61. The van der Waals surface area contributed by atoms with Gasteiger partial charge in [-0.25, -0.2) is 0 Å². The van der Waals surface area contributed by atoms with Gasteiger partial charge in [0.15, 0.2) is 0 Å². The quantitative estimate of drug-likeness (QED) is 0.749. The molecule has 0 spiro atoms. The van der Waals surface area contributed by atoms with E-state index >= 15 is 0 Å². The van der Waals surface area contributed by atoms with Gasteiger partial charge in [-0.1, -0.05) is 12.1 Å². The number of hydrogen-bond acceptors (Lipinski definition) is 1. The van der Waals surface area contributed by atoms with Crippen molar-refractivity contribution in [1.29, 1.82) is 0 Å². The zero-order chi connectivity index (χ0) is 14.0. The van der Waals surface area contributed by atoms with Gasteiger partial charge in [0.1, 0.15) is 5.75 Å². The molecule has 1 unspecified atom stereocenters. The van der Waals surface area contributed by atoms with Crippen molar-refractivity contribution in [2.75, 3.05) is 26.7 Å². The van der Waals surface area contributed by atoms with Gasteiger partial charge in [-0.15, -0.1) is 0 Å². The van der Waals surface area contributed by atoms with Crippen LogP contribution in [0, 0.1) is 5.92 Å². The summed E-state index contributed by atoms with van der Waals surface area (Å²) >= 11 is 3.57. The van der Waals surface area contributed by atoms with Crippen LogP contribution < -0.4 is 4.74 Å². The Hall–Kier alpha value is -0.540. The number of rotatable bonds is 3. The lowest BCUT2D eigenvalue weighted by molar-refractivity contribution is -0.947. The lowest BCUT2D eigenvalue weighted by Gasteiger charge is -2.51. The van der Waals surface area contributed by atoms with Crippen molar-refractivity contribution >= 4 is 15.9 Å². The van der Waals surface area contributed by atoms with Gasteiger partial charge in [0.05, 0.1) is 37.3 Å². The number of quaternary nitrogens is 1. The minimum Gasteiger partial charge on any atom is -0.492 e. The molecule has 2 aliphatic rings. The van der Waals surface area contributed by atoms with Crippen molar-refractivity contribution in [2.24, 2.45) is 5.92 Å². The summed E-state index contributed by atoms with van der Waals surface area (Å²) in [4.78, 5) is 0. The molecule has 2 aliphatic heterocycles. The van der Waals surface area contributed by atoms with Gasteiger partial charge in [0.25, 0.3) is 0 Å². The van der Waals surface area contributed by atoms with E-state index in [0.717, 1.165) is 28.8 Å². The SMILES string of the molecule is C[N+]12CCCC[C@H]1[C@H](COc1ccccc1Br)CCC2. The van der Waals surface area contributed by atoms with E-state index in [2.05, 4.69) is 35.1 Å². The Morgan fingerprint density at radius 3 is 2.80 bits per heavy atom. The Bertz CT molecular complexity index is 460. The first-order valence-corrected chi connectivity index (χ1v) is 8.70. The molecule has 3 rings (SSSR count). The maximum atomic E-state index is 6.11. The number of nitrogens with zero attached hydrogens (tertiary/aromatic N) is 1. The molecule has 1 aromatic rings. The summed E-state index contributed by atoms with van der Waals surface area (Å²) in [5.41, 5.74) is 0. The molecular formula is C17H25BrNO+. The molecule has 0 N–H and O–H groups in total. The van der Waals surface area contributed by atoms with Crippen LogP contribution in [0.5, 0.6) is 5.75 Å². The van der Waals surface area contributed by atoms with Crippen LogP contribution in [0.1, 0.15) is 32.1 Å². The topological polar surface area (TPSA) is 9.23 Å². The van der Waals surface area contributed by atoms with Crippen LogP contribution in [0.2, 0.25) is 0 Å². The van der Waals surface area contributed by atoms with Crippen LogP contribution in [0.3, 0.4) is 0 Å². The lowest BCUT2D eigenvalue weighted by atomic mass is 9.82. The normalized spacial score (nSPS) is 33.5. The van der Waals surface area contributed by atoms with Crippen molar-refractivity contribution in [3.63, 3.8) is 0 Å². The van der Waals surface area contributed by atoms with Crippen molar-refractivity contribution in [2.45, 2.75) is 38.1 Å². The highest BCUT2D eigenvalue weighted by Crippen LogP contribution is 2.36. The monoisotopic (exact) mass is 338 g/mol. The maximum Gasteiger partial charge on any atom is 0.133 e. The summed E-state index contributed by atoms with van der Waals surface area (Å²) in [6, 6.07) is 9.01. The Kier molecular flexibility index (Phi) is 4.37. The van der Waals surface area contributed by atoms with Gasteiger partial charge in [0.2, 0.25) is 0 Å². The first kappa shape index (κ1) is 14.4. The minimum absolute atomic E-state index is 0.723. The summed E-state index contributed by atoms with van der Waals surface area (Å²) in [6.45, 7) is 3.62. The molecular weight excluding hydrogens is 314 g/mol. The molecule has 3 heteroatoms. The highest BCUT2D eigenvalue weighted by molar-refractivity contribution is 9.10. The number of fused-ring (bicyclic) bond motifs is 1. The molecule has 0 aromatic heterocycles. The van der Waals surface area contributed by atoms with E-state index in [4.69, 9.17) is 4.74 Å². The van der Waals surface area contributed by atoms with Crippen LogP contribution in [0.15, 0.2) is 28.7 Å². The predicted octanol–water partition coefficient (Wildman–Crippen LogP) is 4.24. The molecule has 0 aliphatic carbocycles. The first-order chi connectivity index (χ1) is 9.69. The zero-order valence-corrected chi connectivity index (χ0v) is 13.9. The standard InChI is InChI=1S/C17H25BrNO/c1-19-11-5-4-9-16(19)14(7-6-12-19)13-20-17-10-3-2-8-15(17)18/h2-3,8,10,14,16H,4-7,9,11-13H2,1H3/q+1/t14-,16-,19?/m0/s1. The van der Waals surface area contributed by atoms with Crippen molar-refractivity contribution < 1.29 is 9.22 Å². The van der Waals surface area contributed by atoms with Crippen LogP contribution >= 0.6 is 15.9 Å². The second kappa shape index (κ2) is 6.07. The molecule has 3 atom stereocenters. The summed E-state index contributed by atoms with van der Waals surface area (Å²) in [5, 5.41) is 0. The molecule has 20 heavy (non-hydrogen) atoms. The van der Waals surface area contributed by atoms with Gasteiger partial charge in [0, 0.05) is 12.3 Å². The Labute approximate surface area is 130 Å². The van der Waals surface area contributed by atoms with Gasteiger partial charge >= 0.3 is 0 Å². The van der Waals surface area contributed by atoms with Crippen LogP contribution in [0.25, 0.3) is 0 Å². The first-order valence-electron chi connectivity index (χ1n) is 7.91. The van der Waals surface area contributed by atoms with E-state index in [1.54, 1.807) is 0 Å². The second-order valence-electron chi connectivity index (χ2n) is 6.63. The van der Waals surface area contributed by atoms with E-state index < -0.39 is 0 Å². The van der Waals surface area contributed by atoms with Gasteiger partial charge in [-0.05, 0) is 53.7 Å². The van der Waals surface area contributed by atoms with E-state index in [1.165, 1.54) is 49.7 Å². The molecule has 0 saturated carbocycles. The third-order valence-electron chi connectivity index (χ3n) is 5.30. The molecule has 110 valence electrons. The van der Waals surface area contributed by atoms with Gasteiger partial charge in [-0.3, -0.25) is 0 Å². The molecule has 0 bridgehead atoms. The molecule has 2 fully saturated rings. The molecule has 1 aromatic carbocycles. The smallest absolute Gasteiger partial charge is 0.133 e. The minimum atomic E-state index is 0.723. The summed E-state index contributed by atoms with van der Waals surface area (Å²) in [6.07, 6.45) is 6.90. The van der Waals surface area contributed by atoms with E-state index in [1.807, 2.05) is 12.1 Å². The van der Waals surface area contributed by atoms with Crippen LogP contribution in [-0.4, -0.2) is 37.3 Å². The van der Waals surface area contributed by atoms with E-state index in [0.29, 0.717) is 0 Å². The van der Waals surface area contributed by atoms with Crippen molar-refractivity contribution in [3.8, 4) is 5.75 Å². The number of halogens is 1. The average molecular weight is 339 g/mol. The fourth-order valence-corrected chi connectivity index (χ4v) is 4.59. The summed E-state index contributed by atoms with van der Waals surface area (Å²) in [5.74, 6) is 1.71. The maximum absolute atomic E-state index is 6.11. The number of para-hydroxylation sites is 1. The van der Waals surface area contributed by atoms with Gasteiger partial charge in [-0.2, -0.15) is 0 Å². The highest BCUT2D eigenvalue weighted by Gasteiger charge is 2.43. The van der Waals surface area contributed by atoms with Crippen LogP contribution in [0.4, 0.5) is 0 Å². The molecule has 2 nitrogen and oxygen atoms in total. The summed E-state index contributed by atoms with van der Waals surface area (Å²) < 4.78 is 8.48. The van der Waals surface area contributed by atoms with Crippen molar-refractivity contribution in [3.05, 3.63) is 28.7 Å². The Morgan fingerprint density at radius 2 is 1.95 bits per heavy atom. The molecule has 2 saturated heterocycles. The Balaban J connectivity index is 1.66. The fourth-order valence-electron chi connectivity index (χ4n) is 4.19. The fraction of sp³-hybridized carbons (Fsp3) is 0.647. The largest absolute Gasteiger partial charge is 0.492 e. The van der Waals surface area contributed by atoms with E-state index in [9.17, 15) is 0 Å². The highest BCUT2D eigenvalue weighted by atomic mass is 79.9. The molecule has 0 radical (unpaired) electrons. The number of benzene rings is 1. The molecule has 0 amide bonds. The van der Waals surface area contributed by atoms with Crippen LogP contribution in [-0.2, 0) is 0 Å². The number of piperidine rings is 2. The Morgan fingerprint density at radius 1 is 1.15 bits per heavy atom. The predicted molar refractivity (Wildman–Crippen MR) is 85.9 cm³/mol. The zero-order valence-electron chi connectivity index (χ0n) is 12.4. The summed E-state index contributed by atoms with van der Waals surface area (Å²) in [7, 11) is 2.47. The average Bonchev–Trinajstić information content (AvgIpc) is 2.45.